The minimum atomic E-state index is 1.05. The first-order valence-electron chi connectivity index (χ1n) is 9.68. The Hall–Kier alpha value is -2.19. The fourth-order valence-corrected chi connectivity index (χ4v) is 4.41. The highest BCUT2D eigenvalue weighted by molar-refractivity contribution is 7.71. The highest BCUT2D eigenvalue weighted by Crippen LogP contribution is 2.29. The SMILES string of the molecule is S=c1cc(-c2ccccc2)n(CCCc2ccccc2)c2c1CCCC2. The van der Waals surface area contributed by atoms with Gasteiger partial charge in [-0.2, -0.15) is 0 Å². The van der Waals surface area contributed by atoms with Crippen LogP contribution in [0.4, 0.5) is 0 Å². The van der Waals surface area contributed by atoms with Crippen LogP contribution < -0.4 is 0 Å². The first-order valence-corrected chi connectivity index (χ1v) is 10.1. The second-order valence-corrected chi connectivity index (χ2v) is 7.57. The van der Waals surface area contributed by atoms with Crippen molar-refractivity contribution >= 4 is 12.2 Å². The van der Waals surface area contributed by atoms with E-state index in [1.807, 2.05) is 0 Å². The van der Waals surface area contributed by atoms with Gasteiger partial charge >= 0.3 is 0 Å². The van der Waals surface area contributed by atoms with E-state index in [-0.39, 0.29) is 0 Å². The zero-order chi connectivity index (χ0) is 17.8. The summed E-state index contributed by atoms with van der Waals surface area (Å²) in [6.45, 7) is 1.05. The molecule has 0 atom stereocenters. The van der Waals surface area contributed by atoms with Crippen LogP contribution in [0.3, 0.4) is 0 Å². The van der Waals surface area contributed by atoms with Crippen molar-refractivity contribution in [1.29, 1.82) is 0 Å². The molecule has 1 aliphatic carbocycles. The molecule has 0 aliphatic heterocycles. The predicted octanol–water partition coefficient (Wildman–Crippen LogP) is 6.40. The fraction of sp³-hybridized carbons (Fsp3) is 0.292. The molecule has 3 aromatic rings. The van der Waals surface area contributed by atoms with E-state index >= 15 is 0 Å². The zero-order valence-corrected chi connectivity index (χ0v) is 16.0. The molecule has 1 heterocycles. The smallest absolute Gasteiger partial charge is 0.0496 e. The third-order valence-corrected chi connectivity index (χ3v) is 5.74. The predicted molar refractivity (Wildman–Crippen MR) is 112 cm³/mol. The second-order valence-electron chi connectivity index (χ2n) is 7.13. The van der Waals surface area contributed by atoms with E-state index < -0.39 is 0 Å². The van der Waals surface area contributed by atoms with Gasteiger partial charge in [0.1, 0.15) is 0 Å². The Morgan fingerprint density at radius 1 is 0.846 bits per heavy atom. The molecule has 0 radical (unpaired) electrons. The molecule has 132 valence electrons. The Bertz CT molecular complexity index is 926. The van der Waals surface area contributed by atoms with Gasteiger partial charge in [0, 0.05) is 22.4 Å². The average Bonchev–Trinajstić information content (AvgIpc) is 2.71. The number of hydrogen-bond donors (Lipinski definition) is 0. The van der Waals surface area contributed by atoms with Crippen molar-refractivity contribution in [2.75, 3.05) is 0 Å². The van der Waals surface area contributed by atoms with Crippen LogP contribution in [0, 0.1) is 4.51 Å². The highest BCUT2D eigenvalue weighted by atomic mass is 32.1. The number of aryl methyl sites for hydroxylation is 1. The molecule has 0 saturated heterocycles. The van der Waals surface area contributed by atoms with Gasteiger partial charge in [0.25, 0.3) is 0 Å². The van der Waals surface area contributed by atoms with Crippen LogP contribution in [-0.4, -0.2) is 4.57 Å². The van der Waals surface area contributed by atoms with Gasteiger partial charge in [-0.25, -0.2) is 0 Å². The van der Waals surface area contributed by atoms with Crippen LogP contribution in [0.2, 0.25) is 0 Å². The Balaban J connectivity index is 1.69. The number of fused-ring (bicyclic) bond motifs is 1. The van der Waals surface area contributed by atoms with Gasteiger partial charge in [0.05, 0.1) is 0 Å². The molecule has 2 aromatic carbocycles. The first-order chi connectivity index (χ1) is 12.8. The maximum absolute atomic E-state index is 5.76. The molecule has 1 aromatic heterocycles. The quantitative estimate of drug-likeness (QED) is 0.477. The van der Waals surface area contributed by atoms with Crippen molar-refractivity contribution in [2.45, 2.75) is 45.1 Å². The Morgan fingerprint density at radius 2 is 1.54 bits per heavy atom. The normalized spacial score (nSPS) is 13.4. The lowest BCUT2D eigenvalue weighted by Gasteiger charge is -2.25. The minimum absolute atomic E-state index is 1.05. The summed E-state index contributed by atoms with van der Waals surface area (Å²) >= 11 is 5.76. The standard InChI is InChI=1S/C24H25NS/c26-24-18-23(20-13-5-2-6-14-20)25(22-16-8-7-15-21(22)24)17-9-12-19-10-3-1-4-11-19/h1-6,10-11,13-14,18H,7-9,12,15-17H2. The van der Waals surface area contributed by atoms with Crippen LogP contribution in [0.1, 0.15) is 36.1 Å². The van der Waals surface area contributed by atoms with E-state index in [4.69, 9.17) is 12.2 Å². The number of benzene rings is 2. The molecule has 26 heavy (non-hydrogen) atoms. The number of rotatable bonds is 5. The summed E-state index contributed by atoms with van der Waals surface area (Å²) in [4.78, 5) is 0. The fourth-order valence-electron chi connectivity index (χ4n) is 4.08. The molecule has 0 N–H and O–H groups in total. The van der Waals surface area contributed by atoms with Gasteiger partial charge in [-0.05, 0) is 61.3 Å². The van der Waals surface area contributed by atoms with Gasteiger partial charge in [-0.15, -0.1) is 0 Å². The van der Waals surface area contributed by atoms with Crippen molar-refractivity contribution < 1.29 is 0 Å². The monoisotopic (exact) mass is 359 g/mol. The summed E-state index contributed by atoms with van der Waals surface area (Å²) in [5.41, 5.74) is 6.88. The van der Waals surface area contributed by atoms with E-state index in [0.717, 1.165) is 36.7 Å². The van der Waals surface area contributed by atoms with E-state index in [1.165, 1.54) is 40.9 Å². The third kappa shape index (κ3) is 3.66. The molecule has 0 amide bonds. The number of hydrogen-bond acceptors (Lipinski definition) is 1. The van der Waals surface area contributed by atoms with Crippen LogP contribution >= 0.6 is 12.2 Å². The molecular formula is C24H25NS. The molecule has 0 saturated carbocycles. The highest BCUT2D eigenvalue weighted by Gasteiger charge is 2.17. The molecule has 2 heteroatoms. The molecule has 0 bridgehead atoms. The van der Waals surface area contributed by atoms with Gasteiger partial charge in [0.2, 0.25) is 0 Å². The third-order valence-electron chi connectivity index (χ3n) is 5.38. The molecule has 0 unspecified atom stereocenters. The average molecular weight is 360 g/mol. The molecule has 0 fully saturated rings. The van der Waals surface area contributed by atoms with Gasteiger partial charge in [0.15, 0.2) is 0 Å². The van der Waals surface area contributed by atoms with Crippen molar-refractivity contribution in [3.63, 3.8) is 0 Å². The minimum Gasteiger partial charge on any atom is -0.344 e. The Morgan fingerprint density at radius 3 is 2.31 bits per heavy atom. The molecule has 4 rings (SSSR count). The Labute approximate surface area is 161 Å². The Kier molecular flexibility index (Phi) is 5.31. The second kappa shape index (κ2) is 8.01. The van der Waals surface area contributed by atoms with Gasteiger partial charge in [-0.1, -0.05) is 72.9 Å². The molecule has 1 aliphatic rings. The van der Waals surface area contributed by atoms with Crippen LogP contribution in [0.25, 0.3) is 11.3 Å². The largest absolute Gasteiger partial charge is 0.344 e. The molecular weight excluding hydrogens is 334 g/mol. The zero-order valence-electron chi connectivity index (χ0n) is 15.2. The van der Waals surface area contributed by atoms with Crippen LogP contribution in [-0.2, 0) is 25.8 Å². The summed E-state index contributed by atoms with van der Waals surface area (Å²) in [6.07, 6.45) is 7.11. The summed E-state index contributed by atoms with van der Waals surface area (Å²) in [7, 11) is 0. The van der Waals surface area contributed by atoms with Crippen molar-refractivity contribution in [2.24, 2.45) is 0 Å². The first kappa shape index (κ1) is 17.2. The van der Waals surface area contributed by atoms with Crippen LogP contribution in [0.15, 0.2) is 66.7 Å². The summed E-state index contributed by atoms with van der Waals surface area (Å²) in [6, 6.07) is 23.8. The number of pyridine rings is 1. The lowest BCUT2D eigenvalue weighted by atomic mass is 9.94. The number of aromatic nitrogens is 1. The molecule has 0 spiro atoms. The summed E-state index contributed by atoms with van der Waals surface area (Å²) in [5.74, 6) is 0. The topological polar surface area (TPSA) is 4.93 Å². The van der Waals surface area contributed by atoms with E-state index in [1.54, 1.807) is 0 Å². The lowest BCUT2D eigenvalue weighted by molar-refractivity contribution is 0.568. The van der Waals surface area contributed by atoms with E-state index in [9.17, 15) is 0 Å². The maximum Gasteiger partial charge on any atom is 0.0496 e. The molecule has 1 nitrogen and oxygen atoms in total. The summed E-state index contributed by atoms with van der Waals surface area (Å²) < 4.78 is 3.61. The van der Waals surface area contributed by atoms with Gasteiger partial charge in [-0.3, -0.25) is 0 Å². The maximum atomic E-state index is 5.76. The van der Waals surface area contributed by atoms with Crippen molar-refractivity contribution in [3.05, 3.63) is 88.1 Å². The van der Waals surface area contributed by atoms with Crippen molar-refractivity contribution in [3.8, 4) is 11.3 Å². The lowest BCUT2D eigenvalue weighted by Crippen LogP contribution is -2.17. The van der Waals surface area contributed by atoms with Crippen molar-refractivity contribution in [1.82, 2.24) is 4.57 Å². The van der Waals surface area contributed by atoms with E-state index in [2.05, 4.69) is 71.3 Å². The summed E-state index contributed by atoms with van der Waals surface area (Å²) in [5, 5.41) is 0. The van der Waals surface area contributed by atoms with E-state index in [0.29, 0.717) is 0 Å². The van der Waals surface area contributed by atoms with Crippen LogP contribution in [0.5, 0.6) is 0 Å². The van der Waals surface area contributed by atoms with Gasteiger partial charge < -0.3 is 4.57 Å². The number of nitrogens with zero attached hydrogens (tertiary/aromatic N) is 1.